The van der Waals surface area contributed by atoms with Crippen LogP contribution in [0.2, 0.25) is 0 Å². The van der Waals surface area contributed by atoms with E-state index in [2.05, 4.69) is 4.98 Å². The SMILES string of the molecule is COc1ccc2nc(N3C(=O)C(O)=C(C(=O)c4ccc(C)o4)C3c3ccoc3)sc2c1. The van der Waals surface area contributed by atoms with Crippen molar-refractivity contribution in [2.45, 2.75) is 13.0 Å². The van der Waals surface area contributed by atoms with Crippen LogP contribution in [0.5, 0.6) is 5.75 Å². The van der Waals surface area contributed by atoms with Crippen LogP contribution >= 0.6 is 11.3 Å². The number of aromatic nitrogens is 1. The van der Waals surface area contributed by atoms with Crippen molar-refractivity contribution < 1.29 is 28.3 Å². The molecule has 1 N–H and O–H groups in total. The van der Waals surface area contributed by atoms with Crippen LogP contribution in [-0.2, 0) is 4.79 Å². The van der Waals surface area contributed by atoms with Crippen LogP contribution in [0, 0.1) is 6.92 Å². The Kier molecular flexibility index (Phi) is 4.40. The number of benzene rings is 1. The standard InChI is InChI=1S/C22H16N2O6S/c1-11-3-6-15(30-11)19(25)17-18(12-7-8-29-10-12)24(21(27)20(17)26)22-23-14-5-4-13(28-2)9-16(14)31-22/h3-10,18,26H,1-2H3. The highest BCUT2D eigenvalue weighted by molar-refractivity contribution is 7.22. The number of fused-ring (bicyclic) bond motifs is 1. The number of amides is 1. The van der Waals surface area contributed by atoms with E-state index in [9.17, 15) is 14.7 Å². The van der Waals surface area contributed by atoms with E-state index in [4.69, 9.17) is 13.6 Å². The number of hydrogen-bond donors (Lipinski definition) is 1. The van der Waals surface area contributed by atoms with Crippen molar-refractivity contribution in [1.82, 2.24) is 4.98 Å². The first-order valence-electron chi connectivity index (χ1n) is 9.32. The number of ketones is 1. The summed E-state index contributed by atoms with van der Waals surface area (Å²) in [6, 6.07) is 9.26. The van der Waals surface area contributed by atoms with Gasteiger partial charge in [0.15, 0.2) is 16.7 Å². The van der Waals surface area contributed by atoms with E-state index in [1.807, 2.05) is 6.07 Å². The third-order valence-electron chi connectivity index (χ3n) is 5.07. The lowest BCUT2D eigenvalue weighted by Gasteiger charge is -2.22. The molecule has 1 aromatic carbocycles. The zero-order valence-corrected chi connectivity index (χ0v) is 17.3. The van der Waals surface area contributed by atoms with E-state index in [-0.39, 0.29) is 11.3 Å². The number of rotatable bonds is 5. The molecule has 31 heavy (non-hydrogen) atoms. The summed E-state index contributed by atoms with van der Waals surface area (Å²) in [7, 11) is 1.57. The highest BCUT2D eigenvalue weighted by atomic mass is 32.1. The minimum absolute atomic E-state index is 0.0382. The van der Waals surface area contributed by atoms with Crippen LogP contribution in [-0.4, -0.2) is 28.9 Å². The van der Waals surface area contributed by atoms with Crippen molar-refractivity contribution in [1.29, 1.82) is 0 Å². The molecule has 1 amide bonds. The molecule has 0 fully saturated rings. The molecule has 0 bridgehead atoms. The van der Waals surface area contributed by atoms with E-state index in [1.54, 1.807) is 38.3 Å². The van der Waals surface area contributed by atoms with Crippen molar-refractivity contribution in [2.24, 2.45) is 0 Å². The molecule has 0 radical (unpaired) electrons. The molecule has 0 spiro atoms. The Hall–Kier alpha value is -3.85. The molecule has 156 valence electrons. The number of Topliss-reactive ketones (excluding diaryl/α,β-unsaturated/α-hetero) is 1. The summed E-state index contributed by atoms with van der Waals surface area (Å²) in [5.74, 6) is -0.686. The number of aryl methyl sites for hydroxylation is 1. The molecule has 4 heterocycles. The molecule has 1 aliphatic heterocycles. The van der Waals surface area contributed by atoms with Crippen molar-refractivity contribution in [3.63, 3.8) is 0 Å². The predicted octanol–water partition coefficient (Wildman–Crippen LogP) is 4.58. The van der Waals surface area contributed by atoms with Gasteiger partial charge in [-0.25, -0.2) is 4.98 Å². The average Bonchev–Trinajstić information content (AvgIpc) is 3.54. The summed E-state index contributed by atoms with van der Waals surface area (Å²) < 4.78 is 16.7. The van der Waals surface area contributed by atoms with Gasteiger partial charge in [0.05, 0.1) is 35.4 Å². The number of carbonyl (C=O) groups excluding carboxylic acids is 2. The van der Waals surface area contributed by atoms with Gasteiger partial charge >= 0.3 is 0 Å². The van der Waals surface area contributed by atoms with Gasteiger partial charge in [-0.15, -0.1) is 0 Å². The molecule has 0 saturated heterocycles. The van der Waals surface area contributed by atoms with Gasteiger partial charge in [-0.3, -0.25) is 14.5 Å². The highest BCUT2D eigenvalue weighted by Crippen LogP contribution is 2.44. The predicted molar refractivity (Wildman–Crippen MR) is 113 cm³/mol. The van der Waals surface area contributed by atoms with E-state index in [1.165, 1.54) is 34.8 Å². The second-order valence-electron chi connectivity index (χ2n) is 6.97. The lowest BCUT2D eigenvalue weighted by atomic mass is 9.97. The van der Waals surface area contributed by atoms with Gasteiger partial charge in [0.2, 0.25) is 5.78 Å². The number of aliphatic hydroxyl groups is 1. The molecular weight excluding hydrogens is 420 g/mol. The second kappa shape index (κ2) is 7.13. The Morgan fingerprint density at radius 2 is 2.10 bits per heavy atom. The molecule has 5 rings (SSSR count). The minimum Gasteiger partial charge on any atom is -0.503 e. The number of methoxy groups -OCH3 is 1. The number of aliphatic hydroxyl groups excluding tert-OH is 1. The third kappa shape index (κ3) is 3.01. The van der Waals surface area contributed by atoms with Gasteiger partial charge in [-0.2, -0.15) is 0 Å². The number of thiazole rings is 1. The van der Waals surface area contributed by atoms with E-state index >= 15 is 0 Å². The van der Waals surface area contributed by atoms with Crippen LogP contribution in [0.1, 0.15) is 27.9 Å². The average molecular weight is 436 g/mol. The monoisotopic (exact) mass is 436 g/mol. The summed E-state index contributed by atoms with van der Waals surface area (Å²) >= 11 is 1.26. The smallest absolute Gasteiger partial charge is 0.296 e. The normalized spacial score (nSPS) is 16.5. The number of carbonyl (C=O) groups is 2. The molecule has 1 atom stereocenters. The Morgan fingerprint density at radius 1 is 1.26 bits per heavy atom. The van der Waals surface area contributed by atoms with Crippen molar-refractivity contribution >= 4 is 38.4 Å². The summed E-state index contributed by atoms with van der Waals surface area (Å²) in [6.07, 6.45) is 2.87. The van der Waals surface area contributed by atoms with Gasteiger partial charge < -0.3 is 18.7 Å². The number of nitrogens with zero attached hydrogens (tertiary/aromatic N) is 2. The maximum absolute atomic E-state index is 13.2. The van der Waals surface area contributed by atoms with Crippen LogP contribution in [0.4, 0.5) is 5.13 Å². The van der Waals surface area contributed by atoms with Crippen molar-refractivity contribution in [3.05, 3.63) is 77.3 Å². The van der Waals surface area contributed by atoms with Gasteiger partial charge in [-0.05, 0) is 43.3 Å². The quantitative estimate of drug-likeness (QED) is 0.456. The molecule has 1 unspecified atom stereocenters. The Balaban J connectivity index is 1.64. The Labute approximate surface area is 180 Å². The van der Waals surface area contributed by atoms with Crippen LogP contribution in [0.3, 0.4) is 0 Å². The van der Waals surface area contributed by atoms with Gasteiger partial charge in [0.1, 0.15) is 17.6 Å². The third-order valence-corrected chi connectivity index (χ3v) is 6.08. The second-order valence-corrected chi connectivity index (χ2v) is 7.98. The topological polar surface area (TPSA) is 106 Å². The molecule has 0 aliphatic carbocycles. The number of hydrogen-bond acceptors (Lipinski definition) is 8. The lowest BCUT2D eigenvalue weighted by Crippen LogP contribution is -2.30. The molecule has 0 saturated carbocycles. The van der Waals surface area contributed by atoms with Gasteiger partial charge in [0, 0.05) is 5.56 Å². The summed E-state index contributed by atoms with van der Waals surface area (Å²) in [5, 5.41) is 11.0. The van der Waals surface area contributed by atoms with Gasteiger partial charge in [0.25, 0.3) is 5.91 Å². The number of anilines is 1. The van der Waals surface area contributed by atoms with Crippen LogP contribution in [0.25, 0.3) is 10.2 Å². The van der Waals surface area contributed by atoms with Crippen molar-refractivity contribution in [3.8, 4) is 5.75 Å². The molecule has 8 nitrogen and oxygen atoms in total. The maximum atomic E-state index is 13.2. The molecular formula is C22H16N2O6S. The molecule has 9 heteroatoms. The molecule has 4 aromatic rings. The summed E-state index contributed by atoms with van der Waals surface area (Å²) in [4.78, 5) is 32.2. The minimum atomic E-state index is -0.911. The molecule has 1 aliphatic rings. The zero-order valence-electron chi connectivity index (χ0n) is 16.5. The number of ether oxygens (including phenoxy) is 1. The van der Waals surface area contributed by atoms with Crippen LogP contribution in [0.15, 0.2) is 69.1 Å². The first-order chi connectivity index (χ1) is 15.0. The first kappa shape index (κ1) is 19.1. The van der Waals surface area contributed by atoms with Gasteiger partial charge in [-0.1, -0.05) is 11.3 Å². The van der Waals surface area contributed by atoms with E-state index < -0.39 is 23.5 Å². The van der Waals surface area contributed by atoms with E-state index in [0.717, 1.165) is 4.70 Å². The number of furan rings is 2. The Morgan fingerprint density at radius 3 is 2.77 bits per heavy atom. The fourth-order valence-corrected chi connectivity index (χ4v) is 4.61. The van der Waals surface area contributed by atoms with E-state index in [0.29, 0.717) is 27.7 Å². The fourth-order valence-electron chi connectivity index (χ4n) is 3.59. The maximum Gasteiger partial charge on any atom is 0.296 e. The lowest BCUT2D eigenvalue weighted by molar-refractivity contribution is -0.117. The zero-order chi connectivity index (χ0) is 21.7. The highest BCUT2D eigenvalue weighted by Gasteiger charge is 2.47. The summed E-state index contributed by atoms with van der Waals surface area (Å²) in [5.41, 5.74) is 1.11. The largest absolute Gasteiger partial charge is 0.503 e. The summed E-state index contributed by atoms with van der Waals surface area (Å²) in [6.45, 7) is 1.71. The first-order valence-corrected chi connectivity index (χ1v) is 10.1. The van der Waals surface area contributed by atoms with Crippen LogP contribution < -0.4 is 9.64 Å². The Bertz CT molecular complexity index is 1350. The fraction of sp³-hybridized carbons (Fsp3) is 0.136. The molecule has 3 aromatic heterocycles. The van der Waals surface area contributed by atoms with Crippen molar-refractivity contribution in [2.75, 3.05) is 12.0 Å².